The molecule has 0 unspecified atom stereocenters. The number of carbonyl (C=O) groups excluding carboxylic acids is 1. The molecule has 0 bridgehead atoms. The summed E-state index contributed by atoms with van der Waals surface area (Å²) in [6.07, 6.45) is 3.93. The first-order chi connectivity index (χ1) is 11.7. The highest BCUT2D eigenvalue weighted by atomic mass is 35.5. The van der Waals surface area contributed by atoms with Crippen LogP contribution in [-0.2, 0) is 22.6 Å². The molecule has 1 amide bonds. The van der Waals surface area contributed by atoms with Gasteiger partial charge in [0.2, 0.25) is 5.91 Å². The molecule has 4 rings (SSSR count). The number of amides is 1. The summed E-state index contributed by atoms with van der Waals surface area (Å²) < 4.78 is 7.81. The van der Waals surface area contributed by atoms with Crippen LogP contribution in [0.25, 0.3) is 0 Å². The Morgan fingerprint density at radius 1 is 1.33 bits per heavy atom. The fourth-order valence-electron chi connectivity index (χ4n) is 3.47. The van der Waals surface area contributed by atoms with Crippen LogP contribution < -0.4 is 0 Å². The molecule has 1 fully saturated rings. The fraction of sp³-hybridized carbons (Fsp3) is 0.471. The maximum atomic E-state index is 12.6. The number of halogens is 1. The molecule has 126 valence electrons. The zero-order valence-corrected chi connectivity index (χ0v) is 14.0. The molecule has 3 heterocycles. The van der Waals surface area contributed by atoms with Crippen LogP contribution >= 0.6 is 11.6 Å². The molecule has 24 heavy (non-hydrogen) atoms. The number of ether oxygens (including phenoxy) is 1. The summed E-state index contributed by atoms with van der Waals surface area (Å²) in [7, 11) is 0. The number of likely N-dealkylation sites (tertiary alicyclic amines) is 1. The zero-order chi connectivity index (χ0) is 16.5. The van der Waals surface area contributed by atoms with Crippen LogP contribution in [0, 0.1) is 0 Å². The van der Waals surface area contributed by atoms with Crippen LogP contribution in [0.3, 0.4) is 0 Å². The molecule has 2 atom stereocenters. The van der Waals surface area contributed by atoms with Crippen LogP contribution in [-0.4, -0.2) is 45.0 Å². The van der Waals surface area contributed by atoms with Gasteiger partial charge < -0.3 is 9.64 Å². The van der Waals surface area contributed by atoms with Gasteiger partial charge in [-0.1, -0.05) is 28.9 Å². The summed E-state index contributed by atoms with van der Waals surface area (Å²) in [6.45, 7) is 1.93. The lowest BCUT2D eigenvalue weighted by molar-refractivity contribution is -0.138. The minimum absolute atomic E-state index is 0.0736. The summed E-state index contributed by atoms with van der Waals surface area (Å²) in [6, 6.07) is 7.73. The van der Waals surface area contributed by atoms with Crippen molar-refractivity contribution in [2.45, 2.75) is 38.0 Å². The van der Waals surface area contributed by atoms with Gasteiger partial charge in [0.1, 0.15) is 0 Å². The van der Waals surface area contributed by atoms with Crippen LogP contribution in [0.5, 0.6) is 0 Å². The molecule has 2 aliphatic heterocycles. The number of aromatic nitrogens is 3. The number of rotatable bonds is 3. The van der Waals surface area contributed by atoms with E-state index in [-0.39, 0.29) is 18.1 Å². The fourth-order valence-corrected chi connectivity index (χ4v) is 3.59. The molecular formula is C17H19ClN4O2. The van der Waals surface area contributed by atoms with Crippen molar-refractivity contribution in [3.05, 3.63) is 46.7 Å². The summed E-state index contributed by atoms with van der Waals surface area (Å²) >= 11 is 5.89. The molecule has 0 spiro atoms. The van der Waals surface area contributed by atoms with Gasteiger partial charge in [-0.3, -0.25) is 4.79 Å². The van der Waals surface area contributed by atoms with Crippen molar-refractivity contribution in [3.63, 3.8) is 0 Å². The quantitative estimate of drug-likeness (QED) is 0.855. The summed E-state index contributed by atoms with van der Waals surface area (Å²) in [4.78, 5) is 14.5. The van der Waals surface area contributed by atoms with E-state index in [4.69, 9.17) is 16.3 Å². The van der Waals surface area contributed by atoms with Crippen LogP contribution in [0.2, 0.25) is 5.02 Å². The molecule has 2 aromatic rings. The SMILES string of the molecule is O=C(CCc1ccc(Cl)cc1)N1CC[C@@H]2OCc3cnnn3[C@@H]2C1. The van der Waals surface area contributed by atoms with E-state index in [0.29, 0.717) is 24.6 Å². The van der Waals surface area contributed by atoms with Crippen molar-refractivity contribution in [3.8, 4) is 0 Å². The summed E-state index contributed by atoms with van der Waals surface area (Å²) in [5.41, 5.74) is 2.11. The molecule has 1 saturated heterocycles. The Labute approximate surface area is 145 Å². The Balaban J connectivity index is 1.39. The second-order valence-electron chi connectivity index (χ2n) is 6.34. The Morgan fingerprint density at radius 3 is 3.00 bits per heavy atom. The van der Waals surface area contributed by atoms with Gasteiger partial charge in [0.05, 0.1) is 30.6 Å². The number of hydrogen-bond donors (Lipinski definition) is 0. The van der Waals surface area contributed by atoms with Crippen molar-refractivity contribution in [1.82, 2.24) is 19.9 Å². The first-order valence-electron chi connectivity index (χ1n) is 8.23. The van der Waals surface area contributed by atoms with E-state index >= 15 is 0 Å². The highest BCUT2D eigenvalue weighted by molar-refractivity contribution is 6.30. The molecule has 0 radical (unpaired) electrons. The minimum atomic E-state index is 0.0736. The number of carbonyl (C=O) groups is 1. The zero-order valence-electron chi connectivity index (χ0n) is 13.3. The number of piperidine rings is 1. The van der Waals surface area contributed by atoms with Gasteiger partial charge in [-0.2, -0.15) is 0 Å². The van der Waals surface area contributed by atoms with Crippen molar-refractivity contribution >= 4 is 17.5 Å². The molecule has 1 aromatic heterocycles. The van der Waals surface area contributed by atoms with E-state index in [2.05, 4.69) is 10.3 Å². The first kappa shape index (κ1) is 15.6. The van der Waals surface area contributed by atoms with Crippen molar-refractivity contribution < 1.29 is 9.53 Å². The predicted molar refractivity (Wildman–Crippen MR) is 88.6 cm³/mol. The molecule has 1 aromatic carbocycles. The molecule has 6 nitrogen and oxygen atoms in total. The Morgan fingerprint density at radius 2 is 2.17 bits per heavy atom. The van der Waals surface area contributed by atoms with E-state index in [0.717, 1.165) is 30.6 Å². The van der Waals surface area contributed by atoms with Crippen LogP contribution in [0.15, 0.2) is 30.5 Å². The lowest BCUT2D eigenvalue weighted by atomic mass is 9.99. The predicted octanol–water partition coefficient (Wildman–Crippen LogP) is 2.24. The van der Waals surface area contributed by atoms with Gasteiger partial charge in [0.25, 0.3) is 0 Å². The van der Waals surface area contributed by atoms with E-state index in [9.17, 15) is 4.79 Å². The Hall–Kier alpha value is -1.92. The van der Waals surface area contributed by atoms with Crippen LogP contribution in [0.1, 0.15) is 30.1 Å². The number of nitrogens with zero attached hydrogens (tertiary/aromatic N) is 4. The number of benzene rings is 1. The second-order valence-corrected chi connectivity index (χ2v) is 6.78. The average molecular weight is 347 g/mol. The van der Waals surface area contributed by atoms with E-state index in [1.54, 1.807) is 6.20 Å². The standard InChI is InChI=1S/C17H19ClN4O2/c18-13-4-1-12(2-5-13)3-6-17(23)21-8-7-16-15(10-21)22-14(11-24-16)9-19-20-22/h1-2,4-5,9,15-16H,3,6-8,10-11H2/t15-,16+/m1/s1. The number of fused-ring (bicyclic) bond motifs is 3. The third-order valence-corrected chi connectivity index (χ3v) is 5.07. The van der Waals surface area contributed by atoms with Gasteiger partial charge in [-0.25, -0.2) is 4.68 Å². The summed E-state index contributed by atoms with van der Waals surface area (Å²) in [5, 5.41) is 8.86. The normalized spacial score (nSPS) is 22.8. The van der Waals surface area contributed by atoms with Gasteiger partial charge in [0, 0.05) is 24.5 Å². The highest BCUT2D eigenvalue weighted by Gasteiger charge is 2.37. The van der Waals surface area contributed by atoms with Crippen molar-refractivity contribution in [2.75, 3.05) is 13.1 Å². The maximum Gasteiger partial charge on any atom is 0.222 e. The smallest absolute Gasteiger partial charge is 0.222 e. The second kappa shape index (κ2) is 6.53. The molecule has 7 heteroatoms. The van der Waals surface area contributed by atoms with Gasteiger partial charge in [0.15, 0.2) is 0 Å². The molecule has 2 aliphatic rings. The first-order valence-corrected chi connectivity index (χ1v) is 8.61. The Kier molecular flexibility index (Phi) is 4.24. The third kappa shape index (κ3) is 3.03. The lowest BCUT2D eigenvalue weighted by Gasteiger charge is -2.41. The topological polar surface area (TPSA) is 60.3 Å². The number of hydrogen-bond acceptors (Lipinski definition) is 4. The number of aryl methyl sites for hydroxylation is 1. The van der Waals surface area contributed by atoms with E-state index in [1.165, 1.54) is 0 Å². The highest BCUT2D eigenvalue weighted by Crippen LogP contribution is 2.30. The molecule has 0 N–H and O–H groups in total. The largest absolute Gasteiger partial charge is 0.370 e. The monoisotopic (exact) mass is 346 g/mol. The molecule has 0 aliphatic carbocycles. The molecular weight excluding hydrogens is 328 g/mol. The van der Waals surface area contributed by atoms with E-state index < -0.39 is 0 Å². The van der Waals surface area contributed by atoms with Crippen LogP contribution in [0.4, 0.5) is 0 Å². The summed E-state index contributed by atoms with van der Waals surface area (Å²) in [5.74, 6) is 0.177. The average Bonchev–Trinajstić information content (AvgIpc) is 3.09. The van der Waals surface area contributed by atoms with Crippen molar-refractivity contribution in [1.29, 1.82) is 0 Å². The Bertz CT molecular complexity index is 730. The van der Waals surface area contributed by atoms with Gasteiger partial charge >= 0.3 is 0 Å². The van der Waals surface area contributed by atoms with Gasteiger partial charge in [-0.15, -0.1) is 5.10 Å². The third-order valence-electron chi connectivity index (χ3n) is 4.82. The maximum absolute atomic E-state index is 12.6. The van der Waals surface area contributed by atoms with E-state index in [1.807, 2.05) is 33.8 Å². The van der Waals surface area contributed by atoms with Crippen molar-refractivity contribution in [2.24, 2.45) is 0 Å². The minimum Gasteiger partial charge on any atom is -0.370 e. The lowest BCUT2D eigenvalue weighted by Crippen LogP contribution is -2.49. The van der Waals surface area contributed by atoms with Gasteiger partial charge in [-0.05, 0) is 30.5 Å². The molecule has 0 saturated carbocycles.